The summed E-state index contributed by atoms with van der Waals surface area (Å²) in [6.45, 7) is 0.242. The molecule has 0 atom stereocenters. The Bertz CT molecular complexity index is 1790. The summed E-state index contributed by atoms with van der Waals surface area (Å²) in [4.78, 5) is 29.3. The molecule has 0 aliphatic carbocycles. The number of carboxylic acids is 1. The van der Waals surface area contributed by atoms with Gasteiger partial charge in [-0.1, -0.05) is 59.8 Å². The van der Waals surface area contributed by atoms with Gasteiger partial charge in [-0.25, -0.2) is 9.78 Å². The molecule has 0 spiro atoms. The largest absolute Gasteiger partial charge is 0.478 e. The number of carbonyl (C=O) groups is 2. The van der Waals surface area contributed by atoms with Gasteiger partial charge in [0.2, 0.25) is 0 Å². The van der Waals surface area contributed by atoms with Crippen molar-refractivity contribution in [2.45, 2.75) is 13.0 Å². The number of aromatic nitrogens is 3. The second kappa shape index (κ2) is 9.67. The van der Waals surface area contributed by atoms with Crippen LogP contribution in [0.1, 0.15) is 37.8 Å². The molecular weight excluding hydrogens is 480 g/mol. The molecule has 6 rings (SSSR count). The molecule has 0 radical (unpaired) electrons. The fourth-order valence-corrected chi connectivity index (χ4v) is 4.57. The van der Waals surface area contributed by atoms with Gasteiger partial charge in [-0.3, -0.25) is 9.20 Å². The van der Waals surface area contributed by atoms with Gasteiger partial charge in [0.05, 0.1) is 23.5 Å². The van der Waals surface area contributed by atoms with E-state index in [1.807, 2.05) is 22.6 Å². The number of amides is 1. The maximum Gasteiger partial charge on any atom is 0.335 e. The Morgan fingerprint density at radius 1 is 0.868 bits per heavy atom. The molecule has 3 aromatic heterocycles. The van der Waals surface area contributed by atoms with Crippen LogP contribution in [0, 0.1) is 0 Å². The Kier molecular flexibility index (Phi) is 5.89. The summed E-state index contributed by atoms with van der Waals surface area (Å²) >= 11 is 0. The van der Waals surface area contributed by atoms with E-state index in [2.05, 4.69) is 45.8 Å². The molecule has 38 heavy (non-hydrogen) atoms. The van der Waals surface area contributed by atoms with E-state index in [-0.39, 0.29) is 18.0 Å². The molecule has 2 N–H and O–H groups in total. The van der Waals surface area contributed by atoms with Gasteiger partial charge in [-0.2, -0.15) is 0 Å². The lowest BCUT2D eigenvalue weighted by atomic mass is 10.0. The summed E-state index contributed by atoms with van der Waals surface area (Å²) in [7, 11) is 0. The lowest BCUT2D eigenvalue weighted by Crippen LogP contribution is -2.25. The highest BCUT2D eigenvalue weighted by Crippen LogP contribution is 2.25. The quantitative estimate of drug-likeness (QED) is 0.304. The van der Waals surface area contributed by atoms with Gasteiger partial charge in [0.1, 0.15) is 17.8 Å². The fourth-order valence-electron chi connectivity index (χ4n) is 4.57. The molecule has 3 heterocycles. The van der Waals surface area contributed by atoms with E-state index in [0.29, 0.717) is 12.1 Å². The van der Waals surface area contributed by atoms with Crippen LogP contribution in [-0.2, 0) is 13.0 Å². The molecular formula is C30H22N4O4. The number of carboxylic acid groups (broad SMARTS) is 1. The van der Waals surface area contributed by atoms with Crippen LogP contribution in [-0.4, -0.2) is 31.5 Å². The lowest BCUT2D eigenvalue weighted by Gasteiger charge is -2.12. The van der Waals surface area contributed by atoms with Crippen molar-refractivity contribution in [3.05, 3.63) is 126 Å². The Hall–Kier alpha value is -5.24. The van der Waals surface area contributed by atoms with Gasteiger partial charge in [-0.05, 0) is 51.7 Å². The number of hydrogen-bond acceptors (Lipinski definition) is 5. The third-order valence-electron chi connectivity index (χ3n) is 6.53. The Labute approximate surface area is 217 Å². The molecule has 6 aromatic rings. The molecule has 0 bridgehead atoms. The number of carbonyl (C=O) groups excluding carboxylic acids is 1. The first-order valence-electron chi connectivity index (χ1n) is 12.0. The zero-order valence-corrected chi connectivity index (χ0v) is 20.2. The van der Waals surface area contributed by atoms with Gasteiger partial charge in [-0.15, -0.1) is 0 Å². The minimum Gasteiger partial charge on any atom is -0.478 e. The molecule has 0 aliphatic rings. The SMILES string of the molecule is O=C(O)c1ccc(CNC(=O)c2cc(-c3cnoc3)cc3cnc(Cc4ccc5ccccc5c4)n23)cc1. The molecule has 1 amide bonds. The number of fused-ring (bicyclic) bond motifs is 2. The Morgan fingerprint density at radius 2 is 1.66 bits per heavy atom. The van der Waals surface area contributed by atoms with Gasteiger partial charge < -0.3 is 14.9 Å². The van der Waals surface area contributed by atoms with Crippen LogP contribution in [0.2, 0.25) is 0 Å². The Balaban J connectivity index is 1.35. The summed E-state index contributed by atoms with van der Waals surface area (Å²) in [5, 5.41) is 18.2. The highest BCUT2D eigenvalue weighted by atomic mass is 16.5. The molecule has 186 valence electrons. The Morgan fingerprint density at radius 3 is 2.42 bits per heavy atom. The number of benzene rings is 3. The third kappa shape index (κ3) is 4.51. The zero-order valence-electron chi connectivity index (χ0n) is 20.2. The van der Waals surface area contributed by atoms with Crippen molar-refractivity contribution in [3.63, 3.8) is 0 Å². The number of nitrogens with zero attached hydrogens (tertiary/aromatic N) is 3. The maximum absolute atomic E-state index is 13.5. The predicted molar refractivity (Wildman–Crippen MR) is 142 cm³/mol. The minimum absolute atomic E-state index is 0.194. The van der Waals surface area contributed by atoms with Crippen molar-refractivity contribution in [2.75, 3.05) is 0 Å². The summed E-state index contributed by atoms with van der Waals surface area (Å²) < 4.78 is 6.89. The van der Waals surface area contributed by atoms with E-state index in [9.17, 15) is 9.59 Å². The zero-order chi connectivity index (χ0) is 26.1. The van der Waals surface area contributed by atoms with Crippen molar-refractivity contribution in [1.82, 2.24) is 19.9 Å². The fraction of sp³-hybridized carbons (Fsp3) is 0.0667. The number of pyridine rings is 1. The summed E-state index contributed by atoms with van der Waals surface area (Å²) in [6, 6.07) is 24.7. The lowest BCUT2D eigenvalue weighted by molar-refractivity contribution is 0.0696. The van der Waals surface area contributed by atoms with Crippen molar-refractivity contribution in [3.8, 4) is 11.1 Å². The first-order chi connectivity index (χ1) is 18.5. The highest BCUT2D eigenvalue weighted by molar-refractivity contribution is 5.95. The number of hydrogen-bond donors (Lipinski definition) is 2. The van der Waals surface area contributed by atoms with Gasteiger partial charge >= 0.3 is 5.97 Å². The van der Waals surface area contributed by atoms with Crippen LogP contribution in [0.15, 0.2) is 102 Å². The maximum atomic E-state index is 13.5. The van der Waals surface area contributed by atoms with Gasteiger partial charge in [0.25, 0.3) is 5.91 Å². The van der Waals surface area contributed by atoms with E-state index in [4.69, 9.17) is 9.63 Å². The van der Waals surface area contributed by atoms with E-state index in [1.165, 1.54) is 23.8 Å². The van der Waals surface area contributed by atoms with Crippen LogP contribution in [0.25, 0.3) is 27.4 Å². The van der Waals surface area contributed by atoms with E-state index in [1.54, 1.807) is 30.6 Å². The first-order valence-corrected chi connectivity index (χ1v) is 12.0. The smallest absolute Gasteiger partial charge is 0.335 e. The molecule has 8 heteroatoms. The predicted octanol–water partition coefficient (Wildman–Crippen LogP) is 5.36. The summed E-state index contributed by atoms with van der Waals surface area (Å²) in [5.41, 5.74) is 4.81. The van der Waals surface area contributed by atoms with Crippen molar-refractivity contribution in [1.29, 1.82) is 0 Å². The number of imidazole rings is 1. The van der Waals surface area contributed by atoms with Gasteiger partial charge in [0.15, 0.2) is 0 Å². The molecule has 3 aromatic carbocycles. The van der Waals surface area contributed by atoms with Crippen molar-refractivity contribution < 1.29 is 19.2 Å². The van der Waals surface area contributed by atoms with Crippen LogP contribution in [0.4, 0.5) is 0 Å². The number of nitrogens with one attached hydrogen (secondary N) is 1. The molecule has 0 saturated carbocycles. The van der Waals surface area contributed by atoms with Crippen LogP contribution in [0.5, 0.6) is 0 Å². The highest BCUT2D eigenvalue weighted by Gasteiger charge is 2.18. The number of rotatable bonds is 7. The van der Waals surface area contributed by atoms with Crippen LogP contribution < -0.4 is 5.32 Å². The summed E-state index contributed by atoms with van der Waals surface area (Å²) in [5.74, 6) is -0.538. The second-order valence-corrected chi connectivity index (χ2v) is 9.02. The first kappa shape index (κ1) is 23.2. The monoisotopic (exact) mass is 502 g/mol. The van der Waals surface area contributed by atoms with E-state index < -0.39 is 5.97 Å². The average Bonchev–Trinajstić information content (AvgIpc) is 3.62. The normalized spacial score (nSPS) is 11.2. The van der Waals surface area contributed by atoms with E-state index >= 15 is 0 Å². The molecule has 0 aliphatic heterocycles. The molecule has 8 nitrogen and oxygen atoms in total. The number of aromatic carboxylic acids is 1. The van der Waals surface area contributed by atoms with Crippen LogP contribution >= 0.6 is 0 Å². The molecule has 0 fully saturated rings. The van der Waals surface area contributed by atoms with Gasteiger partial charge in [0, 0.05) is 18.5 Å². The van der Waals surface area contributed by atoms with Crippen molar-refractivity contribution in [2.24, 2.45) is 0 Å². The standard InChI is InChI=1S/C30H22N4O4/c35-29(32-15-19-5-9-22(10-6-19)30(36)37)27-14-24(25-16-33-38-18-25)13-26-17-31-28(34(26)27)12-20-7-8-21-3-1-2-4-23(21)11-20/h1-11,13-14,16-18H,12,15H2,(H,32,35)(H,36,37). The average molecular weight is 503 g/mol. The second-order valence-electron chi connectivity index (χ2n) is 9.02. The summed E-state index contributed by atoms with van der Waals surface area (Å²) in [6.07, 6.45) is 5.44. The molecule has 0 saturated heterocycles. The minimum atomic E-state index is -0.993. The van der Waals surface area contributed by atoms with Crippen LogP contribution in [0.3, 0.4) is 0 Å². The third-order valence-corrected chi connectivity index (χ3v) is 6.53. The van der Waals surface area contributed by atoms with E-state index in [0.717, 1.165) is 39.0 Å². The topological polar surface area (TPSA) is 110 Å². The van der Waals surface area contributed by atoms with Crippen molar-refractivity contribution >= 4 is 28.2 Å². The molecule has 0 unspecified atom stereocenters.